The van der Waals surface area contributed by atoms with Crippen LogP contribution in [0.5, 0.6) is 0 Å². The monoisotopic (exact) mass is 360 g/mol. The van der Waals surface area contributed by atoms with Crippen molar-refractivity contribution in [1.82, 2.24) is 24.8 Å². The van der Waals surface area contributed by atoms with Crippen molar-refractivity contribution in [2.24, 2.45) is 0 Å². The van der Waals surface area contributed by atoms with Crippen LogP contribution in [0.15, 0.2) is 61.3 Å². The molecule has 6 heteroatoms. The van der Waals surface area contributed by atoms with Crippen LogP contribution in [0.2, 0.25) is 0 Å². The first kappa shape index (κ1) is 17.5. The quantitative estimate of drug-likeness (QED) is 0.728. The number of rotatable bonds is 6. The molecule has 0 amide bonds. The zero-order chi connectivity index (χ0) is 18.3. The fraction of sp³-hybridized carbons (Fsp3) is 0.333. The van der Waals surface area contributed by atoms with Crippen molar-refractivity contribution in [1.29, 1.82) is 0 Å². The molecule has 1 aromatic carbocycles. The van der Waals surface area contributed by atoms with Gasteiger partial charge in [0.15, 0.2) is 0 Å². The smallest absolute Gasteiger partial charge is 0.222 e. The first-order chi connectivity index (χ1) is 13.4. The molecule has 0 bridgehead atoms. The van der Waals surface area contributed by atoms with Crippen molar-refractivity contribution >= 4 is 5.95 Å². The van der Waals surface area contributed by atoms with Crippen LogP contribution >= 0.6 is 0 Å². The van der Waals surface area contributed by atoms with Gasteiger partial charge in [0, 0.05) is 48.9 Å². The Hall–Kier alpha value is -2.86. The summed E-state index contributed by atoms with van der Waals surface area (Å²) in [5.74, 6) is 1.22. The lowest BCUT2D eigenvalue weighted by Gasteiger charge is -2.31. The van der Waals surface area contributed by atoms with Gasteiger partial charge < -0.3 is 5.32 Å². The van der Waals surface area contributed by atoms with E-state index in [-0.39, 0.29) is 0 Å². The van der Waals surface area contributed by atoms with Crippen LogP contribution in [-0.2, 0) is 13.1 Å². The minimum absolute atomic E-state index is 0.546. The number of nitrogens with one attached hydrogen (secondary N) is 1. The molecule has 0 saturated carbocycles. The van der Waals surface area contributed by atoms with Crippen LogP contribution in [0, 0.1) is 0 Å². The zero-order valence-corrected chi connectivity index (χ0v) is 15.3. The van der Waals surface area contributed by atoms with Gasteiger partial charge in [-0.25, -0.2) is 19.9 Å². The lowest BCUT2D eigenvalue weighted by molar-refractivity contribution is 0.203. The number of likely N-dealkylation sites (tertiary alicyclic amines) is 1. The highest BCUT2D eigenvalue weighted by atomic mass is 15.1. The highest BCUT2D eigenvalue weighted by Crippen LogP contribution is 2.26. The van der Waals surface area contributed by atoms with Gasteiger partial charge in [-0.1, -0.05) is 30.3 Å². The molecule has 27 heavy (non-hydrogen) atoms. The van der Waals surface area contributed by atoms with E-state index in [1.165, 1.54) is 11.3 Å². The zero-order valence-electron chi connectivity index (χ0n) is 15.3. The summed E-state index contributed by atoms with van der Waals surface area (Å²) in [6, 6.07) is 12.3. The maximum absolute atomic E-state index is 4.46. The summed E-state index contributed by atoms with van der Waals surface area (Å²) in [5.41, 5.74) is 3.54. The predicted molar refractivity (Wildman–Crippen MR) is 105 cm³/mol. The molecular weight excluding hydrogens is 336 g/mol. The molecule has 1 fully saturated rings. The molecule has 0 aliphatic carbocycles. The topological polar surface area (TPSA) is 66.8 Å². The molecule has 3 aromatic rings. The number of nitrogens with zero attached hydrogens (tertiary/aromatic N) is 5. The Morgan fingerprint density at radius 3 is 2.41 bits per heavy atom. The van der Waals surface area contributed by atoms with Gasteiger partial charge in [0.1, 0.15) is 6.33 Å². The molecular formula is C21H24N6. The third-order valence-corrected chi connectivity index (χ3v) is 5.02. The van der Waals surface area contributed by atoms with Gasteiger partial charge >= 0.3 is 0 Å². The van der Waals surface area contributed by atoms with E-state index in [0.29, 0.717) is 11.9 Å². The summed E-state index contributed by atoms with van der Waals surface area (Å²) in [4.78, 5) is 19.8. The van der Waals surface area contributed by atoms with Crippen LogP contribution in [0.25, 0.3) is 0 Å². The lowest BCUT2D eigenvalue weighted by atomic mass is 9.93. The van der Waals surface area contributed by atoms with Crippen molar-refractivity contribution in [3.63, 3.8) is 0 Å². The number of piperidine rings is 1. The van der Waals surface area contributed by atoms with Gasteiger partial charge in [-0.3, -0.25) is 4.90 Å². The first-order valence-electron chi connectivity index (χ1n) is 9.44. The average molecular weight is 360 g/mol. The van der Waals surface area contributed by atoms with Crippen molar-refractivity contribution in [2.45, 2.75) is 31.8 Å². The number of hydrogen-bond donors (Lipinski definition) is 1. The fourth-order valence-electron chi connectivity index (χ4n) is 3.49. The Morgan fingerprint density at radius 1 is 0.926 bits per heavy atom. The van der Waals surface area contributed by atoms with Gasteiger partial charge in [-0.15, -0.1) is 0 Å². The molecule has 0 spiro atoms. The average Bonchev–Trinajstić information content (AvgIpc) is 2.75. The molecule has 0 unspecified atom stereocenters. The largest absolute Gasteiger partial charge is 0.350 e. The number of benzene rings is 1. The van der Waals surface area contributed by atoms with Crippen LogP contribution < -0.4 is 5.32 Å². The summed E-state index contributed by atoms with van der Waals surface area (Å²) in [5, 5.41) is 3.27. The van der Waals surface area contributed by atoms with Crippen molar-refractivity contribution < 1.29 is 0 Å². The highest BCUT2D eigenvalue weighted by Gasteiger charge is 2.21. The third-order valence-electron chi connectivity index (χ3n) is 5.02. The van der Waals surface area contributed by atoms with E-state index in [4.69, 9.17) is 0 Å². The summed E-state index contributed by atoms with van der Waals surface area (Å²) in [6.45, 7) is 3.78. The molecule has 3 heterocycles. The van der Waals surface area contributed by atoms with E-state index in [0.717, 1.165) is 44.6 Å². The Balaban J connectivity index is 1.25. The number of aromatic nitrogens is 4. The molecule has 1 aliphatic heterocycles. The fourth-order valence-corrected chi connectivity index (χ4v) is 3.49. The molecule has 0 radical (unpaired) electrons. The molecule has 6 nitrogen and oxygen atoms in total. The molecule has 1 aliphatic rings. The van der Waals surface area contributed by atoms with Crippen LogP contribution in [0.1, 0.15) is 35.6 Å². The van der Waals surface area contributed by atoms with E-state index in [9.17, 15) is 0 Å². The van der Waals surface area contributed by atoms with E-state index in [1.54, 1.807) is 6.33 Å². The normalized spacial score (nSPS) is 15.6. The molecule has 2 aromatic heterocycles. The summed E-state index contributed by atoms with van der Waals surface area (Å²) in [7, 11) is 0. The van der Waals surface area contributed by atoms with Gasteiger partial charge in [0.05, 0.1) is 0 Å². The van der Waals surface area contributed by atoms with Gasteiger partial charge in [0.2, 0.25) is 5.95 Å². The second-order valence-corrected chi connectivity index (χ2v) is 6.94. The summed E-state index contributed by atoms with van der Waals surface area (Å²) in [6.07, 6.45) is 9.60. The Bertz CT molecular complexity index is 814. The van der Waals surface area contributed by atoms with Crippen molar-refractivity contribution in [2.75, 3.05) is 18.4 Å². The van der Waals surface area contributed by atoms with Gasteiger partial charge in [0.25, 0.3) is 0 Å². The van der Waals surface area contributed by atoms with Crippen molar-refractivity contribution in [3.05, 3.63) is 78.1 Å². The molecule has 4 rings (SSSR count). The van der Waals surface area contributed by atoms with E-state index >= 15 is 0 Å². The summed E-state index contributed by atoms with van der Waals surface area (Å²) < 4.78 is 0. The maximum atomic E-state index is 4.46. The Kier molecular flexibility index (Phi) is 5.64. The minimum Gasteiger partial charge on any atom is -0.350 e. The molecule has 1 N–H and O–H groups in total. The van der Waals surface area contributed by atoms with Crippen LogP contribution in [-0.4, -0.2) is 37.9 Å². The maximum Gasteiger partial charge on any atom is 0.222 e. The predicted octanol–water partition coefficient (Wildman–Crippen LogP) is 3.26. The van der Waals surface area contributed by atoms with Crippen molar-refractivity contribution in [3.8, 4) is 0 Å². The van der Waals surface area contributed by atoms with E-state index in [2.05, 4.69) is 42.3 Å². The second kappa shape index (κ2) is 8.68. The van der Waals surface area contributed by atoms with Crippen LogP contribution in [0.4, 0.5) is 5.95 Å². The van der Waals surface area contributed by atoms with Gasteiger partial charge in [-0.05, 0) is 37.6 Å². The SMILES string of the molecule is c1ccc(CNc2ncc(CN3CCC(c4ccncn4)CC3)cn2)cc1. The van der Waals surface area contributed by atoms with Gasteiger partial charge in [-0.2, -0.15) is 0 Å². The minimum atomic E-state index is 0.546. The van der Waals surface area contributed by atoms with E-state index in [1.807, 2.05) is 42.9 Å². The Morgan fingerprint density at radius 2 is 1.70 bits per heavy atom. The van der Waals surface area contributed by atoms with E-state index < -0.39 is 0 Å². The number of hydrogen-bond acceptors (Lipinski definition) is 6. The Labute approximate surface area is 159 Å². The first-order valence-corrected chi connectivity index (χ1v) is 9.44. The standard InChI is InChI=1S/C21H24N6/c1-2-4-17(5-3-1)12-23-21-24-13-18(14-25-21)15-27-10-7-19(8-11-27)20-6-9-22-16-26-20/h1-6,9,13-14,16,19H,7-8,10-12,15H2,(H,23,24,25). The number of anilines is 1. The molecule has 138 valence electrons. The van der Waals surface area contributed by atoms with Crippen LogP contribution in [0.3, 0.4) is 0 Å². The third kappa shape index (κ3) is 4.86. The molecule has 0 atom stereocenters. The summed E-state index contributed by atoms with van der Waals surface area (Å²) >= 11 is 0. The molecule has 1 saturated heterocycles. The highest BCUT2D eigenvalue weighted by molar-refractivity contribution is 5.28. The lowest BCUT2D eigenvalue weighted by Crippen LogP contribution is -2.32. The second-order valence-electron chi connectivity index (χ2n) is 6.94.